The Labute approximate surface area is 84.8 Å². The van der Waals surface area contributed by atoms with Crippen LogP contribution < -0.4 is 0 Å². The topological polar surface area (TPSA) is 67.3 Å². The standard InChI is InChI=1S/C9H6ClNO3/c10-8-4-2-6(5-11-8)1-3-7(12)9(13)14/h1-5H,(H,13,14). The molecule has 1 aromatic rings. The van der Waals surface area contributed by atoms with Gasteiger partial charge < -0.3 is 5.11 Å². The van der Waals surface area contributed by atoms with Crippen LogP contribution in [0.4, 0.5) is 0 Å². The van der Waals surface area contributed by atoms with Crippen LogP contribution in [0.5, 0.6) is 0 Å². The molecule has 0 aliphatic rings. The lowest BCUT2D eigenvalue weighted by molar-refractivity contribution is -0.146. The molecule has 0 radical (unpaired) electrons. The van der Waals surface area contributed by atoms with Gasteiger partial charge in [-0.3, -0.25) is 4.79 Å². The maximum Gasteiger partial charge on any atom is 0.376 e. The number of carboxylic acid groups (broad SMARTS) is 1. The Bertz CT molecular complexity index is 384. The molecule has 0 atom stereocenters. The maximum absolute atomic E-state index is 10.7. The minimum absolute atomic E-state index is 0.340. The average Bonchev–Trinajstić information content (AvgIpc) is 2.16. The highest BCUT2D eigenvalue weighted by atomic mass is 35.5. The van der Waals surface area contributed by atoms with Crippen LogP contribution in [0.25, 0.3) is 6.08 Å². The number of pyridine rings is 1. The SMILES string of the molecule is O=C(O)C(=O)C=Cc1ccc(Cl)nc1. The summed E-state index contributed by atoms with van der Waals surface area (Å²) in [4.78, 5) is 24.5. The normalized spacial score (nSPS) is 10.4. The van der Waals surface area contributed by atoms with Gasteiger partial charge in [0.05, 0.1) is 0 Å². The third-order valence-corrected chi connectivity index (χ3v) is 1.61. The number of carboxylic acids is 1. The van der Waals surface area contributed by atoms with E-state index in [4.69, 9.17) is 16.7 Å². The lowest BCUT2D eigenvalue weighted by atomic mass is 10.2. The Morgan fingerprint density at radius 2 is 2.14 bits per heavy atom. The molecule has 4 nitrogen and oxygen atoms in total. The molecule has 0 saturated heterocycles. The average molecular weight is 212 g/mol. The van der Waals surface area contributed by atoms with Crippen LogP contribution >= 0.6 is 11.6 Å². The summed E-state index contributed by atoms with van der Waals surface area (Å²) in [5, 5.41) is 8.61. The molecular weight excluding hydrogens is 206 g/mol. The minimum atomic E-state index is -1.48. The van der Waals surface area contributed by atoms with Gasteiger partial charge in [0.1, 0.15) is 5.15 Å². The molecule has 0 fully saturated rings. The summed E-state index contributed by atoms with van der Waals surface area (Å²) in [5.41, 5.74) is 0.615. The summed E-state index contributed by atoms with van der Waals surface area (Å²) in [6.07, 6.45) is 3.76. The zero-order valence-corrected chi connectivity index (χ0v) is 7.73. The summed E-state index contributed by atoms with van der Waals surface area (Å²) >= 11 is 5.53. The molecule has 1 rings (SSSR count). The second-order valence-corrected chi connectivity index (χ2v) is 2.80. The van der Waals surface area contributed by atoms with Crippen LogP contribution in [0.1, 0.15) is 5.56 Å². The third kappa shape index (κ3) is 2.99. The van der Waals surface area contributed by atoms with E-state index in [0.29, 0.717) is 10.7 Å². The first-order chi connectivity index (χ1) is 6.59. The molecule has 1 aromatic heterocycles. The predicted molar refractivity (Wildman–Crippen MR) is 50.9 cm³/mol. The molecule has 0 saturated carbocycles. The van der Waals surface area contributed by atoms with E-state index in [1.54, 1.807) is 12.1 Å². The van der Waals surface area contributed by atoms with Gasteiger partial charge in [-0.2, -0.15) is 0 Å². The summed E-state index contributed by atoms with van der Waals surface area (Å²) in [6, 6.07) is 3.17. The van der Waals surface area contributed by atoms with Crippen molar-refractivity contribution in [1.82, 2.24) is 4.98 Å². The number of aliphatic carboxylic acids is 1. The van der Waals surface area contributed by atoms with Gasteiger partial charge in [0.15, 0.2) is 0 Å². The second kappa shape index (κ2) is 4.53. The van der Waals surface area contributed by atoms with E-state index in [0.717, 1.165) is 6.08 Å². The molecule has 5 heteroatoms. The maximum atomic E-state index is 10.7. The molecule has 0 aliphatic carbocycles. The summed E-state index contributed by atoms with van der Waals surface area (Å²) in [7, 11) is 0. The van der Waals surface area contributed by atoms with E-state index < -0.39 is 11.8 Å². The van der Waals surface area contributed by atoms with E-state index in [2.05, 4.69) is 4.98 Å². The second-order valence-electron chi connectivity index (χ2n) is 2.42. The molecule has 0 aliphatic heterocycles. The molecule has 0 spiro atoms. The van der Waals surface area contributed by atoms with Crippen LogP contribution in [0.15, 0.2) is 24.4 Å². The quantitative estimate of drug-likeness (QED) is 0.466. The van der Waals surface area contributed by atoms with Gasteiger partial charge in [0, 0.05) is 6.20 Å². The van der Waals surface area contributed by atoms with E-state index >= 15 is 0 Å². The largest absolute Gasteiger partial charge is 0.475 e. The van der Waals surface area contributed by atoms with Crippen LogP contribution in [0, 0.1) is 0 Å². The summed E-state index contributed by atoms with van der Waals surface area (Å²) in [6.45, 7) is 0. The smallest absolute Gasteiger partial charge is 0.376 e. The Hall–Kier alpha value is -1.68. The van der Waals surface area contributed by atoms with Gasteiger partial charge in [0.2, 0.25) is 0 Å². The van der Waals surface area contributed by atoms with Crippen molar-refractivity contribution in [2.24, 2.45) is 0 Å². The van der Waals surface area contributed by atoms with E-state index in [9.17, 15) is 9.59 Å². The number of ketones is 1. The summed E-state index contributed by atoms with van der Waals surface area (Å²) in [5.74, 6) is -2.46. The lowest BCUT2D eigenvalue weighted by Crippen LogP contribution is -2.08. The highest BCUT2D eigenvalue weighted by Crippen LogP contribution is 2.06. The molecule has 72 valence electrons. The van der Waals surface area contributed by atoms with Gasteiger partial charge in [-0.1, -0.05) is 17.7 Å². The van der Waals surface area contributed by atoms with Crippen molar-refractivity contribution in [3.8, 4) is 0 Å². The van der Waals surface area contributed by atoms with Crippen molar-refractivity contribution in [3.63, 3.8) is 0 Å². The Morgan fingerprint density at radius 1 is 1.43 bits per heavy atom. The fourth-order valence-corrected chi connectivity index (χ4v) is 0.841. The number of halogens is 1. The molecule has 14 heavy (non-hydrogen) atoms. The molecule has 0 amide bonds. The van der Waals surface area contributed by atoms with Gasteiger partial charge in [-0.05, 0) is 23.8 Å². The van der Waals surface area contributed by atoms with Crippen LogP contribution in [-0.2, 0) is 9.59 Å². The Kier molecular flexibility index (Phi) is 3.36. The van der Waals surface area contributed by atoms with Crippen molar-refractivity contribution in [2.75, 3.05) is 0 Å². The molecule has 1 N–H and O–H groups in total. The molecule has 0 unspecified atom stereocenters. The minimum Gasteiger partial charge on any atom is -0.475 e. The van der Waals surface area contributed by atoms with Gasteiger partial charge in [-0.25, -0.2) is 9.78 Å². The van der Waals surface area contributed by atoms with Crippen molar-refractivity contribution >= 4 is 29.4 Å². The van der Waals surface area contributed by atoms with Crippen LogP contribution in [0.3, 0.4) is 0 Å². The lowest BCUT2D eigenvalue weighted by Gasteiger charge is -1.91. The fraction of sp³-hybridized carbons (Fsp3) is 0. The van der Waals surface area contributed by atoms with Crippen molar-refractivity contribution in [3.05, 3.63) is 35.1 Å². The molecular formula is C9H6ClNO3. The Morgan fingerprint density at radius 3 is 2.64 bits per heavy atom. The predicted octanol–water partition coefficient (Wildman–Crippen LogP) is 1.40. The van der Waals surface area contributed by atoms with E-state index in [1.807, 2.05) is 0 Å². The first-order valence-electron chi connectivity index (χ1n) is 3.66. The molecule has 0 bridgehead atoms. The highest BCUT2D eigenvalue weighted by molar-refractivity contribution is 6.38. The number of nitrogens with zero attached hydrogens (tertiary/aromatic N) is 1. The van der Waals surface area contributed by atoms with Gasteiger partial charge >= 0.3 is 5.97 Å². The zero-order valence-electron chi connectivity index (χ0n) is 6.98. The van der Waals surface area contributed by atoms with Gasteiger partial charge in [-0.15, -0.1) is 0 Å². The first kappa shape index (κ1) is 10.4. The molecule has 0 aromatic carbocycles. The van der Waals surface area contributed by atoms with Crippen molar-refractivity contribution in [1.29, 1.82) is 0 Å². The van der Waals surface area contributed by atoms with Crippen LogP contribution in [-0.4, -0.2) is 21.8 Å². The number of hydrogen-bond donors (Lipinski definition) is 1. The fourth-order valence-electron chi connectivity index (χ4n) is 0.729. The number of rotatable bonds is 3. The number of carbonyl (C=O) groups is 2. The number of carbonyl (C=O) groups excluding carboxylic acids is 1. The van der Waals surface area contributed by atoms with Crippen molar-refractivity contribution < 1.29 is 14.7 Å². The Balaban J connectivity index is 2.74. The first-order valence-corrected chi connectivity index (χ1v) is 4.04. The van der Waals surface area contributed by atoms with E-state index in [-0.39, 0.29) is 0 Å². The zero-order chi connectivity index (χ0) is 10.6. The van der Waals surface area contributed by atoms with E-state index in [1.165, 1.54) is 12.3 Å². The number of aromatic nitrogens is 1. The highest BCUT2D eigenvalue weighted by Gasteiger charge is 2.05. The molecule has 1 heterocycles. The summed E-state index contributed by atoms with van der Waals surface area (Å²) < 4.78 is 0. The third-order valence-electron chi connectivity index (χ3n) is 1.39. The van der Waals surface area contributed by atoms with Crippen LogP contribution in [0.2, 0.25) is 5.15 Å². The monoisotopic (exact) mass is 211 g/mol. The van der Waals surface area contributed by atoms with Gasteiger partial charge in [0.25, 0.3) is 5.78 Å². The van der Waals surface area contributed by atoms with Crippen molar-refractivity contribution in [2.45, 2.75) is 0 Å². The number of hydrogen-bond acceptors (Lipinski definition) is 3.